The van der Waals surface area contributed by atoms with Crippen LogP contribution in [0.2, 0.25) is 0 Å². The normalized spacial score (nSPS) is 20.3. The summed E-state index contributed by atoms with van der Waals surface area (Å²) in [7, 11) is 0. The van der Waals surface area contributed by atoms with Crippen molar-refractivity contribution in [2.45, 2.75) is 25.8 Å². The number of carbonyl (C=O) groups is 1. The molecule has 0 spiro atoms. The van der Waals surface area contributed by atoms with Gasteiger partial charge in [0.05, 0.1) is 5.69 Å². The predicted octanol–water partition coefficient (Wildman–Crippen LogP) is 1.42. The Kier molecular flexibility index (Phi) is 3.64. The van der Waals surface area contributed by atoms with Crippen LogP contribution in [0.4, 0.5) is 0 Å². The van der Waals surface area contributed by atoms with Gasteiger partial charge in [-0.3, -0.25) is 14.1 Å². The van der Waals surface area contributed by atoms with Gasteiger partial charge in [-0.1, -0.05) is 0 Å². The summed E-state index contributed by atoms with van der Waals surface area (Å²) in [4.78, 5) is 21.8. The smallest absolute Gasteiger partial charge is 0.303 e. The molecule has 3 heterocycles. The number of nitrogens with zero attached hydrogens (tertiary/aromatic N) is 4. The van der Waals surface area contributed by atoms with Crippen molar-refractivity contribution in [2.24, 2.45) is 5.92 Å². The van der Waals surface area contributed by atoms with Crippen LogP contribution in [0.1, 0.15) is 25.0 Å². The molecule has 20 heavy (non-hydrogen) atoms. The Labute approximate surface area is 117 Å². The Bertz CT molecular complexity index is 577. The van der Waals surface area contributed by atoms with Gasteiger partial charge in [0.25, 0.3) is 0 Å². The first-order valence-electron chi connectivity index (χ1n) is 6.93. The molecule has 3 rings (SSSR count). The molecule has 106 valence electrons. The number of fused-ring (bicyclic) bond motifs is 1. The molecule has 0 radical (unpaired) electrons. The zero-order valence-electron chi connectivity index (χ0n) is 11.3. The molecule has 1 atom stereocenters. The number of piperidine rings is 1. The molecule has 1 saturated heterocycles. The lowest BCUT2D eigenvalue weighted by Crippen LogP contribution is -2.35. The lowest BCUT2D eigenvalue weighted by Gasteiger charge is -2.31. The van der Waals surface area contributed by atoms with E-state index in [0.717, 1.165) is 38.2 Å². The lowest BCUT2D eigenvalue weighted by atomic mass is 9.95. The topological polar surface area (TPSA) is 70.7 Å². The standard InChI is InChI=1S/C14H18N4O2/c19-13(20)7-11-3-1-5-17(8-11)9-12-10-18-6-2-4-15-14(18)16-12/h2,4,6,10-11H,1,3,5,7-9H2,(H,19,20). The number of rotatable bonds is 4. The quantitative estimate of drug-likeness (QED) is 0.913. The minimum atomic E-state index is -0.700. The minimum absolute atomic E-state index is 0.261. The highest BCUT2D eigenvalue weighted by atomic mass is 16.4. The Morgan fingerprint density at radius 3 is 3.20 bits per heavy atom. The largest absolute Gasteiger partial charge is 0.481 e. The second kappa shape index (κ2) is 5.58. The summed E-state index contributed by atoms with van der Waals surface area (Å²) in [6, 6.07) is 1.88. The molecule has 0 bridgehead atoms. The predicted molar refractivity (Wildman–Crippen MR) is 73.2 cm³/mol. The summed E-state index contributed by atoms with van der Waals surface area (Å²) in [5.41, 5.74) is 0.986. The molecule has 2 aromatic rings. The molecule has 6 heteroatoms. The number of aliphatic carboxylic acids is 1. The van der Waals surface area contributed by atoms with Gasteiger partial charge < -0.3 is 5.11 Å². The van der Waals surface area contributed by atoms with E-state index in [2.05, 4.69) is 14.9 Å². The number of aromatic nitrogens is 3. The lowest BCUT2D eigenvalue weighted by molar-refractivity contribution is -0.138. The third-order valence-electron chi connectivity index (χ3n) is 3.74. The molecule has 0 aromatic carbocycles. The van der Waals surface area contributed by atoms with E-state index in [1.54, 1.807) is 6.20 Å². The van der Waals surface area contributed by atoms with Gasteiger partial charge in [0, 0.05) is 38.1 Å². The maximum atomic E-state index is 10.8. The molecule has 1 aliphatic heterocycles. The Balaban J connectivity index is 1.66. The molecule has 0 aliphatic carbocycles. The number of carboxylic acids is 1. The van der Waals surface area contributed by atoms with Gasteiger partial charge in [-0.15, -0.1) is 0 Å². The molecule has 0 amide bonds. The zero-order valence-corrected chi connectivity index (χ0v) is 11.3. The average Bonchev–Trinajstić information content (AvgIpc) is 2.80. The van der Waals surface area contributed by atoms with E-state index in [1.807, 2.05) is 22.9 Å². The van der Waals surface area contributed by atoms with Crippen molar-refractivity contribution < 1.29 is 9.90 Å². The van der Waals surface area contributed by atoms with Crippen LogP contribution in [0, 0.1) is 5.92 Å². The molecule has 1 N–H and O–H groups in total. The Morgan fingerprint density at radius 1 is 1.50 bits per heavy atom. The van der Waals surface area contributed by atoms with Gasteiger partial charge in [0.15, 0.2) is 0 Å². The molecule has 1 unspecified atom stereocenters. The van der Waals surface area contributed by atoms with Crippen LogP contribution < -0.4 is 0 Å². The highest BCUT2D eigenvalue weighted by Crippen LogP contribution is 2.21. The summed E-state index contributed by atoms with van der Waals surface area (Å²) in [5, 5.41) is 8.89. The second-order valence-corrected chi connectivity index (χ2v) is 5.40. The van der Waals surface area contributed by atoms with E-state index in [1.165, 1.54) is 0 Å². The highest BCUT2D eigenvalue weighted by Gasteiger charge is 2.22. The van der Waals surface area contributed by atoms with Crippen molar-refractivity contribution in [3.63, 3.8) is 0 Å². The molecule has 2 aromatic heterocycles. The summed E-state index contributed by atoms with van der Waals surface area (Å²) < 4.78 is 1.91. The Hall–Kier alpha value is -1.95. The maximum Gasteiger partial charge on any atom is 0.303 e. The van der Waals surface area contributed by atoms with Gasteiger partial charge in [-0.2, -0.15) is 0 Å². The third-order valence-corrected chi connectivity index (χ3v) is 3.74. The summed E-state index contributed by atoms with van der Waals surface area (Å²) in [6.07, 6.45) is 7.99. The van der Waals surface area contributed by atoms with Crippen LogP contribution >= 0.6 is 0 Å². The fourth-order valence-electron chi connectivity index (χ4n) is 2.89. The van der Waals surface area contributed by atoms with E-state index in [0.29, 0.717) is 5.78 Å². The van der Waals surface area contributed by atoms with E-state index < -0.39 is 5.97 Å². The molecular formula is C14H18N4O2. The van der Waals surface area contributed by atoms with Crippen molar-refractivity contribution in [3.05, 3.63) is 30.4 Å². The van der Waals surface area contributed by atoms with Crippen molar-refractivity contribution >= 4 is 11.7 Å². The van der Waals surface area contributed by atoms with Crippen LogP contribution in [0.15, 0.2) is 24.7 Å². The minimum Gasteiger partial charge on any atom is -0.481 e. The fraction of sp³-hybridized carbons (Fsp3) is 0.500. The number of hydrogen-bond acceptors (Lipinski definition) is 4. The average molecular weight is 274 g/mol. The number of carboxylic acid groups (broad SMARTS) is 1. The molecular weight excluding hydrogens is 256 g/mol. The first kappa shape index (κ1) is 13.1. The first-order valence-corrected chi connectivity index (χ1v) is 6.93. The number of likely N-dealkylation sites (tertiary alicyclic amines) is 1. The SMILES string of the molecule is O=C(O)CC1CCCN(Cc2cn3cccnc3n2)C1. The molecule has 1 fully saturated rings. The fourth-order valence-corrected chi connectivity index (χ4v) is 2.89. The summed E-state index contributed by atoms with van der Waals surface area (Å²) in [6.45, 7) is 2.62. The molecule has 6 nitrogen and oxygen atoms in total. The molecule has 1 aliphatic rings. The third kappa shape index (κ3) is 2.96. The van der Waals surface area contributed by atoms with Crippen LogP contribution in [0.5, 0.6) is 0 Å². The van der Waals surface area contributed by atoms with Crippen LogP contribution in [0.3, 0.4) is 0 Å². The van der Waals surface area contributed by atoms with Crippen LogP contribution in [-0.4, -0.2) is 43.4 Å². The van der Waals surface area contributed by atoms with E-state index in [9.17, 15) is 4.79 Å². The monoisotopic (exact) mass is 274 g/mol. The van der Waals surface area contributed by atoms with Crippen LogP contribution in [-0.2, 0) is 11.3 Å². The van der Waals surface area contributed by atoms with Crippen molar-refractivity contribution in [2.75, 3.05) is 13.1 Å². The second-order valence-electron chi connectivity index (χ2n) is 5.40. The summed E-state index contributed by atoms with van der Waals surface area (Å²) in [5.74, 6) is 0.270. The van der Waals surface area contributed by atoms with Gasteiger partial charge in [-0.05, 0) is 31.4 Å². The zero-order chi connectivity index (χ0) is 13.9. The van der Waals surface area contributed by atoms with Gasteiger partial charge >= 0.3 is 5.97 Å². The van der Waals surface area contributed by atoms with Crippen molar-refractivity contribution in [3.8, 4) is 0 Å². The summed E-state index contributed by atoms with van der Waals surface area (Å²) >= 11 is 0. The number of hydrogen-bond donors (Lipinski definition) is 1. The van der Waals surface area contributed by atoms with E-state index in [-0.39, 0.29) is 12.3 Å². The first-order chi connectivity index (χ1) is 9.70. The van der Waals surface area contributed by atoms with E-state index in [4.69, 9.17) is 5.11 Å². The van der Waals surface area contributed by atoms with Gasteiger partial charge in [-0.25, -0.2) is 9.97 Å². The van der Waals surface area contributed by atoms with Crippen LogP contribution in [0.25, 0.3) is 5.78 Å². The van der Waals surface area contributed by atoms with Crippen molar-refractivity contribution in [1.29, 1.82) is 0 Å². The Morgan fingerprint density at radius 2 is 2.40 bits per heavy atom. The van der Waals surface area contributed by atoms with Gasteiger partial charge in [0.1, 0.15) is 0 Å². The highest BCUT2D eigenvalue weighted by molar-refractivity contribution is 5.67. The number of imidazole rings is 1. The van der Waals surface area contributed by atoms with Crippen molar-refractivity contribution in [1.82, 2.24) is 19.3 Å². The maximum absolute atomic E-state index is 10.8. The van der Waals surface area contributed by atoms with Gasteiger partial charge in [0.2, 0.25) is 5.78 Å². The van der Waals surface area contributed by atoms with E-state index >= 15 is 0 Å². The molecule has 0 saturated carbocycles.